The third kappa shape index (κ3) is 3.96. The summed E-state index contributed by atoms with van der Waals surface area (Å²) >= 11 is 0. The number of likely N-dealkylation sites (tertiary alicyclic amines) is 1. The van der Waals surface area contributed by atoms with E-state index in [9.17, 15) is 4.79 Å². The van der Waals surface area contributed by atoms with E-state index in [1.54, 1.807) is 18.1 Å². The molecule has 0 saturated carbocycles. The molecule has 0 radical (unpaired) electrons. The molecule has 1 aliphatic heterocycles. The Bertz CT molecular complexity index is 625. The Kier molecular flexibility index (Phi) is 5.04. The number of carbonyl (C=O) groups is 1. The number of amides is 1. The van der Waals surface area contributed by atoms with Crippen molar-refractivity contribution in [3.05, 3.63) is 35.9 Å². The lowest BCUT2D eigenvalue weighted by molar-refractivity contribution is -0.00963. The summed E-state index contributed by atoms with van der Waals surface area (Å²) in [6.45, 7) is 1.81. The molecule has 3 heterocycles. The molecular weight excluding hydrogens is 302 g/mol. The minimum atomic E-state index is -0.0380. The van der Waals surface area contributed by atoms with Crippen molar-refractivity contribution in [2.75, 3.05) is 20.2 Å². The van der Waals surface area contributed by atoms with Crippen LogP contribution in [-0.2, 0) is 22.7 Å². The van der Waals surface area contributed by atoms with Crippen LogP contribution in [0.4, 0.5) is 0 Å². The Morgan fingerprint density at radius 2 is 2.39 bits per heavy atom. The Hall–Kier alpha value is -2.19. The smallest absolute Gasteiger partial charge is 0.257 e. The van der Waals surface area contributed by atoms with Crippen LogP contribution >= 0.6 is 0 Å². The molecule has 124 valence electrons. The van der Waals surface area contributed by atoms with E-state index in [0.717, 1.165) is 19.4 Å². The number of hydrogen-bond acceptors (Lipinski definition) is 7. The number of hydrogen-bond donors (Lipinski definition) is 0. The van der Waals surface area contributed by atoms with Crippen LogP contribution in [0.5, 0.6) is 0 Å². The highest BCUT2D eigenvalue weighted by atomic mass is 16.5. The van der Waals surface area contributed by atoms with Gasteiger partial charge in [-0.2, -0.15) is 4.98 Å². The van der Waals surface area contributed by atoms with Crippen molar-refractivity contribution in [2.45, 2.75) is 32.2 Å². The number of nitrogens with zero attached hydrogens (tertiary/aromatic N) is 3. The molecule has 0 N–H and O–H groups in total. The van der Waals surface area contributed by atoms with E-state index < -0.39 is 0 Å². The van der Waals surface area contributed by atoms with Gasteiger partial charge in [-0.05, 0) is 18.9 Å². The van der Waals surface area contributed by atoms with Crippen LogP contribution in [0.3, 0.4) is 0 Å². The van der Waals surface area contributed by atoms with E-state index >= 15 is 0 Å². The second-order valence-electron chi connectivity index (χ2n) is 5.38. The summed E-state index contributed by atoms with van der Waals surface area (Å²) in [5.41, 5.74) is 0.563. The molecule has 1 unspecified atom stereocenters. The van der Waals surface area contributed by atoms with Gasteiger partial charge in [0.2, 0.25) is 0 Å². The monoisotopic (exact) mass is 321 g/mol. The molecule has 0 aromatic carbocycles. The number of methoxy groups -OCH3 is 1. The molecule has 0 bridgehead atoms. The zero-order valence-corrected chi connectivity index (χ0v) is 12.9. The highest BCUT2D eigenvalue weighted by Gasteiger charge is 2.25. The van der Waals surface area contributed by atoms with E-state index in [2.05, 4.69) is 10.1 Å². The standard InChI is InChI=1S/C15H19N3O5/c1-20-10-14-16-13(17-23-14)9-22-12-3-2-5-18(7-12)15(19)11-4-6-21-8-11/h4,6,8,12H,2-3,5,7,9-10H2,1H3. The average Bonchev–Trinajstić information content (AvgIpc) is 3.25. The van der Waals surface area contributed by atoms with Gasteiger partial charge in [-0.1, -0.05) is 5.16 Å². The molecule has 23 heavy (non-hydrogen) atoms. The van der Waals surface area contributed by atoms with Crippen LogP contribution in [-0.4, -0.2) is 47.3 Å². The van der Waals surface area contributed by atoms with Gasteiger partial charge in [0.15, 0.2) is 5.82 Å². The predicted octanol–water partition coefficient (Wildman–Crippen LogP) is 1.63. The van der Waals surface area contributed by atoms with Crippen LogP contribution in [0.25, 0.3) is 0 Å². The molecule has 0 aliphatic carbocycles. The number of ether oxygens (including phenoxy) is 2. The second kappa shape index (κ2) is 7.38. The van der Waals surface area contributed by atoms with E-state index in [0.29, 0.717) is 23.8 Å². The highest BCUT2D eigenvalue weighted by molar-refractivity contribution is 5.93. The van der Waals surface area contributed by atoms with Crippen molar-refractivity contribution in [1.82, 2.24) is 15.0 Å². The van der Waals surface area contributed by atoms with Crippen LogP contribution in [0.1, 0.15) is 34.9 Å². The van der Waals surface area contributed by atoms with Gasteiger partial charge < -0.3 is 23.3 Å². The van der Waals surface area contributed by atoms with Gasteiger partial charge in [-0.25, -0.2) is 0 Å². The number of rotatable bonds is 6. The van der Waals surface area contributed by atoms with Gasteiger partial charge in [-0.15, -0.1) is 0 Å². The minimum Gasteiger partial charge on any atom is -0.472 e. The number of carbonyl (C=O) groups excluding carboxylic acids is 1. The molecule has 1 saturated heterocycles. The normalized spacial score (nSPS) is 18.3. The Morgan fingerprint density at radius 3 is 3.17 bits per heavy atom. The summed E-state index contributed by atoms with van der Waals surface area (Å²) in [5.74, 6) is 0.871. The molecule has 8 heteroatoms. The summed E-state index contributed by atoms with van der Waals surface area (Å²) in [6, 6.07) is 1.67. The third-order valence-corrected chi connectivity index (χ3v) is 3.66. The fourth-order valence-electron chi connectivity index (χ4n) is 2.55. The SMILES string of the molecule is COCc1nc(COC2CCCN(C(=O)c3ccoc3)C2)no1. The third-order valence-electron chi connectivity index (χ3n) is 3.66. The molecule has 2 aromatic rings. The molecule has 3 rings (SSSR count). The zero-order chi connectivity index (χ0) is 16.1. The van der Waals surface area contributed by atoms with Crippen molar-refractivity contribution < 1.29 is 23.2 Å². The first-order valence-electron chi connectivity index (χ1n) is 7.49. The molecule has 0 spiro atoms. The summed E-state index contributed by atoms with van der Waals surface area (Å²) in [5, 5.41) is 3.83. The zero-order valence-electron chi connectivity index (χ0n) is 12.9. The lowest BCUT2D eigenvalue weighted by Crippen LogP contribution is -2.43. The first kappa shape index (κ1) is 15.7. The highest BCUT2D eigenvalue weighted by Crippen LogP contribution is 2.17. The van der Waals surface area contributed by atoms with E-state index in [1.165, 1.54) is 12.5 Å². The topological polar surface area (TPSA) is 90.8 Å². The van der Waals surface area contributed by atoms with Crippen LogP contribution in [0.2, 0.25) is 0 Å². The lowest BCUT2D eigenvalue weighted by atomic mass is 10.1. The first-order chi connectivity index (χ1) is 11.3. The molecule has 1 fully saturated rings. The van der Waals surface area contributed by atoms with Crippen molar-refractivity contribution >= 4 is 5.91 Å². The molecule has 8 nitrogen and oxygen atoms in total. The van der Waals surface area contributed by atoms with Gasteiger partial charge in [0.25, 0.3) is 11.8 Å². The Morgan fingerprint density at radius 1 is 1.48 bits per heavy atom. The maximum atomic E-state index is 12.3. The number of aromatic nitrogens is 2. The molecule has 1 amide bonds. The molecular formula is C15H19N3O5. The van der Waals surface area contributed by atoms with E-state index in [1.807, 2.05) is 0 Å². The van der Waals surface area contributed by atoms with Gasteiger partial charge >= 0.3 is 0 Å². The van der Waals surface area contributed by atoms with E-state index in [-0.39, 0.29) is 25.2 Å². The Balaban J connectivity index is 1.51. The van der Waals surface area contributed by atoms with Crippen molar-refractivity contribution in [1.29, 1.82) is 0 Å². The maximum absolute atomic E-state index is 12.3. The van der Waals surface area contributed by atoms with Gasteiger partial charge in [0.05, 0.1) is 17.9 Å². The quantitative estimate of drug-likeness (QED) is 0.798. The largest absolute Gasteiger partial charge is 0.472 e. The van der Waals surface area contributed by atoms with E-state index in [4.69, 9.17) is 18.4 Å². The number of piperidine rings is 1. The summed E-state index contributed by atoms with van der Waals surface area (Å²) in [6.07, 6.45) is 4.72. The fourth-order valence-corrected chi connectivity index (χ4v) is 2.55. The summed E-state index contributed by atoms with van der Waals surface area (Å²) in [4.78, 5) is 18.3. The predicted molar refractivity (Wildman–Crippen MR) is 77.4 cm³/mol. The maximum Gasteiger partial charge on any atom is 0.257 e. The molecule has 1 aliphatic rings. The Labute approximate surface area is 133 Å². The van der Waals surface area contributed by atoms with Crippen molar-refractivity contribution in [3.8, 4) is 0 Å². The average molecular weight is 321 g/mol. The fraction of sp³-hybridized carbons (Fsp3) is 0.533. The second-order valence-corrected chi connectivity index (χ2v) is 5.38. The van der Waals surface area contributed by atoms with Gasteiger partial charge in [0.1, 0.15) is 19.5 Å². The van der Waals surface area contributed by atoms with Crippen LogP contribution in [0, 0.1) is 0 Å². The molecule has 1 atom stereocenters. The van der Waals surface area contributed by atoms with Gasteiger partial charge in [0, 0.05) is 20.2 Å². The van der Waals surface area contributed by atoms with Crippen LogP contribution < -0.4 is 0 Å². The summed E-state index contributed by atoms with van der Waals surface area (Å²) in [7, 11) is 1.56. The van der Waals surface area contributed by atoms with Gasteiger partial charge in [-0.3, -0.25) is 4.79 Å². The number of furan rings is 1. The first-order valence-corrected chi connectivity index (χ1v) is 7.49. The van der Waals surface area contributed by atoms with Crippen molar-refractivity contribution in [2.24, 2.45) is 0 Å². The van der Waals surface area contributed by atoms with Crippen LogP contribution in [0.15, 0.2) is 27.5 Å². The molecule has 2 aromatic heterocycles. The minimum absolute atomic E-state index is 0.0333. The van der Waals surface area contributed by atoms with Crippen molar-refractivity contribution in [3.63, 3.8) is 0 Å². The summed E-state index contributed by atoms with van der Waals surface area (Å²) < 4.78 is 20.7. The lowest BCUT2D eigenvalue weighted by Gasteiger charge is -2.32.